The van der Waals surface area contributed by atoms with Crippen LogP contribution in [0.15, 0.2) is 65.7 Å². The zero-order chi connectivity index (χ0) is 19.4. The number of rotatable bonds is 4. The third-order valence-electron chi connectivity index (χ3n) is 3.82. The summed E-state index contributed by atoms with van der Waals surface area (Å²) >= 11 is 11.8. The molecule has 0 heterocycles. The van der Waals surface area contributed by atoms with E-state index in [1.54, 1.807) is 36.4 Å². The smallest absolute Gasteiger partial charge is 0.255 e. The highest BCUT2D eigenvalue weighted by Gasteiger charge is 2.07. The van der Waals surface area contributed by atoms with E-state index in [1.165, 1.54) is 12.3 Å². The molecule has 0 unspecified atom stereocenters. The molecule has 0 saturated heterocycles. The van der Waals surface area contributed by atoms with Crippen LogP contribution in [0.5, 0.6) is 5.75 Å². The van der Waals surface area contributed by atoms with Crippen molar-refractivity contribution in [1.82, 2.24) is 0 Å². The van der Waals surface area contributed by atoms with Gasteiger partial charge in [-0.2, -0.15) is 0 Å². The maximum absolute atomic E-state index is 12.3. The van der Waals surface area contributed by atoms with Gasteiger partial charge in [0.2, 0.25) is 0 Å². The average Bonchev–Trinajstić information content (AvgIpc) is 2.64. The maximum Gasteiger partial charge on any atom is 0.255 e. The number of amides is 1. The van der Waals surface area contributed by atoms with Crippen LogP contribution < -0.4 is 5.32 Å². The summed E-state index contributed by atoms with van der Waals surface area (Å²) in [4.78, 5) is 16.6. The van der Waals surface area contributed by atoms with Gasteiger partial charge in [-0.05, 0) is 55.5 Å². The molecule has 0 fully saturated rings. The van der Waals surface area contributed by atoms with E-state index >= 15 is 0 Å². The zero-order valence-corrected chi connectivity index (χ0v) is 15.9. The van der Waals surface area contributed by atoms with Crippen molar-refractivity contribution in [3.05, 3.63) is 87.4 Å². The molecule has 0 aliphatic rings. The molecule has 0 radical (unpaired) electrons. The quantitative estimate of drug-likeness (QED) is 0.528. The number of aromatic hydroxyl groups is 1. The Morgan fingerprint density at radius 3 is 2.52 bits per heavy atom. The number of anilines is 1. The molecule has 3 aromatic rings. The van der Waals surface area contributed by atoms with E-state index in [-0.39, 0.29) is 16.7 Å². The molecule has 136 valence electrons. The SMILES string of the molecule is Cc1cccc(C(=O)Nc2ccc(N=Cc3cc(Cl)cc(Cl)c3O)cc2)c1. The van der Waals surface area contributed by atoms with Gasteiger partial charge in [-0.1, -0.05) is 40.9 Å². The fraction of sp³-hybridized carbons (Fsp3) is 0.0476. The van der Waals surface area contributed by atoms with Crippen LogP contribution in [-0.2, 0) is 0 Å². The van der Waals surface area contributed by atoms with Crippen molar-refractivity contribution < 1.29 is 9.90 Å². The molecule has 2 N–H and O–H groups in total. The van der Waals surface area contributed by atoms with Gasteiger partial charge in [0.15, 0.2) is 0 Å². The lowest BCUT2D eigenvalue weighted by atomic mass is 10.1. The van der Waals surface area contributed by atoms with Crippen molar-refractivity contribution >= 4 is 46.7 Å². The highest BCUT2D eigenvalue weighted by atomic mass is 35.5. The molecule has 27 heavy (non-hydrogen) atoms. The van der Waals surface area contributed by atoms with Crippen molar-refractivity contribution in [2.45, 2.75) is 6.92 Å². The number of phenolic OH excluding ortho intramolecular Hbond substituents is 1. The molecular weight excluding hydrogens is 383 g/mol. The van der Waals surface area contributed by atoms with Crippen LogP contribution >= 0.6 is 23.2 Å². The third-order valence-corrected chi connectivity index (χ3v) is 4.32. The normalized spacial score (nSPS) is 10.9. The van der Waals surface area contributed by atoms with Crippen LogP contribution in [0.2, 0.25) is 10.0 Å². The van der Waals surface area contributed by atoms with E-state index in [1.807, 2.05) is 25.1 Å². The van der Waals surface area contributed by atoms with Crippen molar-refractivity contribution in [3.8, 4) is 5.75 Å². The molecule has 0 aliphatic carbocycles. The second kappa shape index (κ2) is 8.25. The van der Waals surface area contributed by atoms with E-state index in [2.05, 4.69) is 10.3 Å². The molecule has 3 rings (SSSR count). The predicted molar refractivity (Wildman–Crippen MR) is 111 cm³/mol. The van der Waals surface area contributed by atoms with Gasteiger partial charge in [0.1, 0.15) is 5.75 Å². The Morgan fingerprint density at radius 1 is 1.07 bits per heavy atom. The highest BCUT2D eigenvalue weighted by Crippen LogP contribution is 2.30. The fourth-order valence-electron chi connectivity index (χ4n) is 2.45. The molecule has 0 aliphatic heterocycles. The van der Waals surface area contributed by atoms with Crippen molar-refractivity contribution in [2.75, 3.05) is 5.32 Å². The number of aryl methyl sites for hydroxylation is 1. The molecule has 3 aromatic carbocycles. The van der Waals surface area contributed by atoms with Gasteiger partial charge in [0.05, 0.1) is 10.7 Å². The molecule has 0 aromatic heterocycles. The van der Waals surface area contributed by atoms with Crippen LogP contribution in [0.4, 0.5) is 11.4 Å². The van der Waals surface area contributed by atoms with Gasteiger partial charge in [0, 0.05) is 28.1 Å². The predicted octanol–water partition coefficient (Wildman–Crippen LogP) is 6.01. The van der Waals surface area contributed by atoms with Crippen molar-refractivity contribution in [2.24, 2.45) is 4.99 Å². The summed E-state index contributed by atoms with van der Waals surface area (Å²) < 4.78 is 0. The molecule has 0 saturated carbocycles. The van der Waals surface area contributed by atoms with Gasteiger partial charge in [-0.25, -0.2) is 0 Å². The van der Waals surface area contributed by atoms with Gasteiger partial charge >= 0.3 is 0 Å². The Labute approximate surface area is 167 Å². The van der Waals surface area contributed by atoms with E-state index in [4.69, 9.17) is 23.2 Å². The standard InChI is InChI=1S/C21H16Cl2N2O2/c1-13-3-2-4-14(9-13)21(27)25-18-7-5-17(6-8-18)24-12-15-10-16(22)11-19(23)20(15)26/h2-12,26H,1H3,(H,25,27). The summed E-state index contributed by atoms with van der Waals surface area (Å²) in [6, 6.07) is 17.4. The van der Waals surface area contributed by atoms with Crippen LogP contribution in [0, 0.1) is 6.92 Å². The largest absolute Gasteiger partial charge is 0.506 e. The molecule has 6 heteroatoms. The lowest BCUT2D eigenvalue weighted by Gasteiger charge is -2.06. The number of halogens is 2. The molecular formula is C21H16Cl2N2O2. The van der Waals surface area contributed by atoms with Crippen LogP contribution in [0.3, 0.4) is 0 Å². The first-order chi connectivity index (χ1) is 12.9. The Kier molecular flexibility index (Phi) is 5.79. The first-order valence-electron chi connectivity index (χ1n) is 8.12. The highest BCUT2D eigenvalue weighted by molar-refractivity contribution is 6.36. The van der Waals surface area contributed by atoms with Crippen LogP contribution in [0.25, 0.3) is 0 Å². The number of carbonyl (C=O) groups excluding carboxylic acids is 1. The van der Waals surface area contributed by atoms with Gasteiger partial charge in [-0.15, -0.1) is 0 Å². The lowest BCUT2D eigenvalue weighted by Crippen LogP contribution is -2.11. The molecule has 1 amide bonds. The maximum atomic E-state index is 12.3. The van der Waals surface area contributed by atoms with Crippen LogP contribution in [0.1, 0.15) is 21.5 Å². The Morgan fingerprint density at radius 2 is 1.81 bits per heavy atom. The Bertz CT molecular complexity index is 1020. The number of benzene rings is 3. The second-order valence-electron chi connectivity index (χ2n) is 5.95. The van der Waals surface area contributed by atoms with E-state index in [9.17, 15) is 9.90 Å². The monoisotopic (exact) mass is 398 g/mol. The number of carbonyl (C=O) groups is 1. The fourth-order valence-corrected chi connectivity index (χ4v) is 2.96. The number of hydrogen-bond acceptors (Lipinski definition) is 3. The molecule has 0 spiro atoms. The number of aliphatic imine (C=N–C) groups is 1. The molecule has 0 bridgehead atoms. The molecule has 0 atom stereocenters. The average molecular weight is 399 g/mol. The first kappa shape index (κ1) is 19.0. The van der Waals surface area contributed by atoms with E-state index in [0.29, 0.717) is 27.5 Å². The number of nitrogens with one attached hydrogen (secondary N) is 1. The lowest BCUT2D eigenvalue weighted by molar-refractivity contribution is 0.102. The first-order valence-corrected chi connectivity index (χ1v) is 8.88. The zero-order valence-electron chi connectivity index (χ0n) is 14.4. The Hall–Kier alpha value is -2.82. The summed E-state index contributed by atoms with van der Waals surface area (Å²) in [5.74, 6) is -0.250. The van der Waals surface area contributed by atoms with E-state index in [0.717, 1.165) is 5.56 Å². The number of phenols is 1. The number of nitrogens with zero attached hydrogens (tertiary/aromatic N) is 1. The Balaban J connectivity index is 1.71. The summed E-state index contributed by atoms with van der Waals surface area (Å²) in [7, 11) is 0. The summed E-state index contributed by atoms with van der Waals surface area (Å²) in [6.07, 6.45) is 1.48. The molecule has 4 nitrogen and oxygen atoms in total. The summed E-state index contributed by atoms with van der Waals surface area (Å²) in [5, 5.41) is 13.4. The van der Waals surface area contributed by atoms with Gasteiger partial charge < -0.3 is 10.4 Å². The van der Waals surface area contributed by atoms with Crippen molar-refractivity contribution in [3.63, 3.8) is 0 Å². The minimum Gasteiger partial charge on any atom is -0.506 e. The summed E-state index contributed by atoms with van der Waals surface area (Å²) in [6.45, 7) is 1.94. The second-order valence-corrected chi connectivity index (χ2v) is 6.80. The number of hydrogen-bond donors (Lipinski definition) is 2. The van der Waals surface area contributed by atoms with Gasteiger partial charge in [-0.3, -0.25) is 9.79 Å². The van der Waals surface area contributed by atoms with Crippen LogP contribution in [-0.4, -0.2) is 17.2 Å². The third kappa shape index (κ3) is 4.88. The topological polar surface area (TPSA) is 61.7 Å². The minimum absolute atomic E-state index is 0.0770. The van der Waals surface area contributed by atoms with Crippen molar-refractivity contribution in [1.29, 1.82) is 0 Å². The van der Waals surface area contributed by atoms with Gasteiger partial charge in [0.25, 0.3) is 5.91 Å². The minimum atomic E-state index is -0.173. The summed E-state index contributed by atoms with van der Waals surface area (Å²) in [5.41, 5.74) is 3.36. The van der Waals surface area contributed by atoms with E-state index < -0.39 is 0 Å².